The Morgan fingerprint density at radius 1 is 0.964 bits per heavy atom. The van der Waals surface area contributed by atoms with E-state index in [-0.39, 0.29) is 17.0 Å². The molecule has 1 saturated heterocycles. The van der Waals surface area contributed by atoms with E-state index in [0.717, 1.165) is 12.1 Å². The van der Waals surface area contributed by atoms with Crippen LogP contribution in [0.15, 0.2) is 60.7 Å². The van der Waals surface area contributed by atoms with Crippen LogP contribution < -0.4 is 0 Å². The smallest absolute Gasteiger partial charge is 0.273 e. The van der Waals surface area contributed by atoms with E-state index in [2.05, 4.69) is 17.1 Å². The first kappa shape index (κ1) is 20.2. The van der Waals surface area contributed by atoms with Crippen molar-refractivity contribution < 1.29 is 13.3 Å². The number of nitro groups is 1. The summed E-state index contributed by atoms with van der Waals surface area (Å²) in [6.07, 6.45) is 4.13. The maximum atomic E-state index is 12.7. The maximum Gasteiger partial charge on any atom is 0.273 e. The Morgan fingerprint density at radius 2 is 1.61 bits per heavy atom. The van der Waals surface area contributed by atoms with Crippen molar-refractivity contribution in [2.45, 2.75) is 5.75 Å². The molecule has 28 heavy (non-hydrogen) atoms. The molecule has 0 radical (unpaired) electrons. The summed E-state index contributed by atoms with van der Waals surface area (Å²) in [6.45, 7) is 2.81. The lowest BCUT2D eigenvalue weighted by Crippen LogP contribution is -2.48. The molecule has 1 fully saturated rings. The Balaban J connectivity index is 1.55. The molecule has 2 aromatic carbocycles. The highest BCUT2D eigenvalue weighted by molar-refractivity contribution is 7.88. The molecule has 0 bridgehead atoms. The number of para-hydroxylation sites is 1. The third kappa shape index (κ3) is 5.25. The largest absolute Gasteiger partial charge is 0.297 e. The van der Waals surface area contributed by atoms with Gasteiger partial charge >= 0.3 is 0 Å². The van der Waals surface area contributed by atoms with Crippen molar-refractivity contribution >= 4 is 21.8 Å². The van der Waals surface area contributed by atoms with Gasteiger partial charge in [-0.25, -0.2) is 8.42 Å². The van der Waals surface area contributed by atoms with E-state index < -0.39 is 14.9 Å². The van der Waals surface area contributed by atoms with Crippen LogP contribution in [0.2, 0.25) is 0 Å². The molecule has 0 N–H and O–H groups in total. The third-order valence-electron chi connectivity index (χ3n) is 4.72. The summed E-state index contributed by atoms with van der Waals surface area (Å²) >= 11 is 0. The lowest BCUT2D eigenvalue weighted by atomic mass is 10.2. The van der Waals surface area contributed by atoms with Gasteiger partial charge < -0.3 is 0 Å². The van der Waals surface area contributed by atoms with Gasteiger partial charge in [0.2, 0.25) is 10.0 Å². The molecule has 8 heteroatoms. The standard InChI is InChI=1S/C20H23N3O4S/c24-23(25)20-11-5-4-10-19(20)17-28(26,27)22-15-13-21(14-16-22)12-6-9-18-7-2-1-3-8-18/h1-11H,12-17H2/b9-6-. The molecule has 1 aliphatic rings. The number of hydrogen-bond donors (Lipinski definition) is 0. The zero-order valence-corrected chi connectivity index (χ0v) is 16.3. The van der Waals surface area contributed by atoms with Gasteiger partial charge in [0, 0.05) is 44.4 Å². The highest BCUT2D eigenvalue weighted by atomic mass is 32.2. The lowest BCUT2D eigenvalue weighted by molar-refractivity contribution is -0.385. The van der Waals surface area contributed by atoms with Crippen molar-refractivity contribution in [2.24, 2.45) is 0 Å². The van der Waals surface area contributed by atoms with Gasteiger partial charge in [-0.2, -0.15) is 4.31 Å². The molecule has 148 valence electrons. The third-order valence-corrected chi connectivity index (χ3v) is 6.55. The first-order valence-corrected chi connectivity index (χ1v) is 10.7. The minimum Gasteiger partial charge on any atom is -0.297 e. The maximum absolute atomic E-state index is 12.7. The van der Waals surface area contributed by atoms with Crippen LogP contribution >= 0.6 is 0 Å². The molecule has 3 rings (SSSR count). The number of benzene rings is 2. The van der Waals surface area contributed by atoms with Gasteiger partial charge in [-0.3, -0.25) is 15.0 Å². The quantitative estimate of drug-likeness (QED) is 0.526. The molecule has 0 unspecified atom stereocenters. The predicted molar refractivity (Wildman–Crippen MR) is 109 cm³/mol. The molecule has 0 saturated carbocycles. The number of rotatable bonds is 7. The summed E-state index contributed by atoms with van der Waals surface area (Å²) in [4.78, 5) is 12.8. The summed E-state index contributed by atoms with van der Waals surface area (Å²) in [5, 5.41) is 11.1. The zero-order chi connectivity index (χ0) is 20.0. The van der Waals surface area contributed by atoms with Crippen LogP contribution in [0.1, 0.15) is 11.1 Å². The number of piperazine rings is 1. The average Bonchev–Trinajstić information content (AvgIpc) is 2.69. The zero-order valence-electron chi connectivity index (χ0n) is 15.5. The first-order chi connectivity index (χ1) is 13.5. The van der Waals surface area contributed by atoms with Crippen LogP contribution in [0.3, 0.4) is 0 Å². The molecule has 2 aromatic rings. The van der Waals surface area contributed by atoms with Crippen LogP contribution in [0.4, 0.5) is 5.69 Å². The van der Waals surface area contributed by atoms with Gasteiger partial charge in [-0.15, -0.1) is 0 Å². The lowest BCUT2D eigenvalue weighted by Gasteiger charge is -2.33. The van der Waals surface area contributed by atoms with Crippen molar-refractivity contribution in [1.82, 2.24) is 9.21 Å². The molecule has 0 atom stereocenters. The second-order valence-electron chi connectivity index (χ2n) is 6.65. The second kappa shape index (κ2) is 9.09. The van der Waals surface area contributed by atoms with Crippen LogP contribution in [0.5, 0.6) is 0 Å². The molecule has 0 amide bonds. The van der Waals surface area contributed by atoms with E-state index in [9.17, 15) is 18.5 Å². The van der Waals surface area contributed by atoms with Crippen LogP contribution in [0, 0.1) is 10.1 Å². The van der Waals surface area contributed by atoms with Gasteiger partial charge in [0.15, 0.2) is 0 Å². The number of hydrogen-bond acceptors (Lipinski definition) is 5. The van der Waals surface area contributed by atoms with Crippen LogP contribution in [-0.2, 0) is 15.8 Å². The first-order valence-electron chi connectivity index (χ1n) is 9.10. The minimum absolute atomic E-state index is 0.157. The molecule has 7 nitrogen and oxygen atoms in total. The Hall–Kier alpha value is -2.55. The molecule has 0 spiro atoms. The minimum atomic E-state index is -3.60. The van der Waals surface area contributed by atoms with Gasteiger partial charge in [-0.05, 0) is 5.56 Å². The normalized spacial score (nSPS) is 16.4. The summed E-state index contributed by atoms with van der Waals surface area (Å²) in [5.41, 5.74) is 1.20. The Bertz CT molecular complexity index is 937. The Kier molecular flexibility index (Phi) is 6.56. The van der Waals surface area contributed by atoms with E-state index in [0.29, 0.717) is 26.2 Å². The van der Waals surface area contributed by atoms with Crippen LogP contribution in [0.25, 0.3) is 6.08 Å². The number of sulfonamides is 1. The monoisotopic (exact) mass is 401 g/mol. The summed E-state index contributed by atoms with van der Waals surface area (Å²) in [6, 6.07) is 16.0. The topological polar surface area (TPSA) is 83.8 Å². The van der Waals surface area contributed by atoms with Gasteiger partial charge in [0.1, 0.15) is 0 Å². The highest BCUT2D eigenvalue weighted by Crippen LogP contribution is 2.22. The predicted octanol–water partition coefficient (Wildman–Crippen LogP) is 2.76. The number of nitrogens with zero attached hydrogens (tertiary/aromatic N) is 3. The fourth-order valence-corrected chi connectivity index (χ4v) is 4.73. The Morgan fingerprint density at radius 3 is 2.29 bits per heavy atom. The molecule has 0 aliphatic carbocycles. The van der Waals surface area contributed by atoms with Crippen molar-refractivity contribution in [2.75, 3.05) is 32.7 Å². The summed E-state index contributed by atoms with van der Waals surface area (Å²) in [7, 11) is -3.60. The van der Waals surface area contributed by atoms with Gasteiger partial charge in [-0.1, -0.05) is 60.7 Å². The fourth-order valence-electron chi connectivity index (χ4n) is 3.19. The molecular formula is C20H23N3O4S. The highest BCUT2D eigenvalue weighted by Gasteiger charge is 2.28. The summed E-state index contributed by atoms with van der Waals surface area (Å²) < 4.78 is 26.8. The van der Waals surface area contributed by atoms with Crippen molar-refractivity contribution in [3.05, 3.63) is 81.9 Å². The molecule has 1 heterocycles. The number of nitro benzene ring substituents is 1. The SMILES string of the molecule is O=[N+]([O-])c1ccccc1CS(=O)(=O)N1CCN(C/C=C\c2ccccc2)CC1. The van der Waals surface area contributed by atoms with Gasteiger partial charge in [0.05, 0.1) is 10.7 Å². The molecule has 1 aliphatic heterocycles. The van der Waals surface area contributed by atoms with E-state index in [1.54, 1.807) is 6.07 Å². The van der Waals surface area contributed by atoms with E-state index in [1.807, 2.05) is 30.3 Å². The van der Waals surface area contributed by atoms with E-state index in [4.69, 9.17) is 0 Å². The Labute approximate surface area is 165 Å². The van der Waals surface area contributed by atoms with Crippen molar-refractivity contribution in [3.8, 4) is 0 Å². The average molecular weight is 401 g/mol. The van der Waals surface area contributed by atoms with Crippen molar-refractivity contribution in [3.63, 3.8) is 0 Å². The second-order valence-corrected chi connectivity index (χ2v) is 8.62. The van der Waals surface area contributed by atoms with Gasteiger partial charge in [0.25, 0.3) is 5.69 Å². The fraction of sp³-hybridized carbons (Fsp3) is 0.300. The van der Waals surface area contributed by atoms with Crippen molar-refractivity contribution in [1.29, 1.82) is 0 Å². The van der Waals surface area contributed by atoms with E-state index >= 15 is 0 Å². The van der Waals surface area contributed by atoms with Crippen LogP contribution in [-0.4, -0.2) is 55.3 Å². The summed E-state index contributed by atoms with van der Waals surface area (Å²) in [5.74, 6) is -0.349. The molecular weight excluding hydrogens is 378 g/mol. The van der Waals surface area contributed by atoms with E-state index in [1.165, 1.54) is 22.5 Å². The molecule has 0 aromatic heterocycles.